The largest absolute Gasteiger partial charge is 0.463 e. The molecule has 8 nitrogen and oxygen atoms in total. The number of hydrogen-bond acceptors (Lipinski definition) is 6. The molecule has 0 radical (unpaired) electrons. The molecule has 170 valence electrons. The molecule has 1 aliphatic rings. The van der Waals surface area contributed by atoms with E-state index in [1.54, 1.807) is 23.1 Å². The maximum absolute atomic E-state index is 13.4. The number of rotatable bonds is 6. The Morgan fingerprint density at radius 1 is 1.12 bits per heavy atom. The minimum absolute atomic E-state index is 0.160. The normalized spacial score (nSPS) is 14.6. The summed E-state index contributed by atoms with van der Waals surface area (Å²) in [7, 11) is 1.83. The van der Waals surface area contributed by atoms with Gasteiger partial charge in [0.15, 0.2) is 11.4 Å². The Morgan fingerprint density at radius 3 is 2.67 bits per heavy atom. The molecule has 0 spiro atoms. The lowest BCUT2D eigenvalue weighted by atomic mass is 10.1. The Balaban J connectivity index is 1.41. The molecule has 0 aliphatic carbocycles. The average molecular weight is 446 g/mol. The molecule has 33 heavy (non-hydrogen) atoms. The van der Waals surface area contributed by atoms with Crippen LogP contribution in [0.2, 0.25) is 0 Å². The van der Waals surface area contributed by atoms with Gasteiger partial charge in [-0.1, -0.05) is 24.3 Å². The highest BCUT2D eigenvalue weighted by Crippen LogP contribution is 2.27. The van der Waals surface area contributed by atoms with E-state index in [0.717, 1.165) is 49.5 Å². The third-order valence-corrected chi connectivity index (χ3v) is 6.04. The lowest BCUT2D eigenvalue weighted by molar-refractivity contribution is 0.0340. The molecule has 1 saturated heterocycles. The maximum atomic E-state index is 13.4. The molecular formula is C25H27N5O3. The minimum Gasteiger partial charge on any atom is -0.463 e. The molecule has 0 atom stereocenters. The zero-order chi connectivity index (χ0) is 22.8. The number of nitrogens with one attached hydrogen (secondary N) is 1. The van der Waals surface area contributed by atoms with Gasteiger partial charge in [-0.15, -0.1) is 0 Å². The highest BCUT2D eigenvalue weighted by atomic mass is 16.5. The molecule has 1 fully saturated rings. The van der Waals surface area contributed by atoms with Gasteiger partial charge in [0.1, 0.15) is 5.69 Å². The number of aromatic nitrogens is 3. The highest BCUT2D eigenvalue weighted by molar-refractivity contribution is 6.07. The fraction of sp³-hybridized carbons (Fsp3) is 0.320. The Bertz CT molecular complexity index is 1270. The van der Waals surface area contributed by atoms with Crippen molar-refractivity contribution in [2.24, 2.45) is 7.05 Å². The van der Waals surface area contributed by atoms with E-state index in [-0.39, 0.29) is 5.91 Å². The van der Waals surface area contributed by atoms with Crippen LogP contribution in [0.25, 0.3) is 22.5 Å². The van der Waals surface area contributed by atoms with Gasteiger partial charge in [0, 0.05) is 33.2 Å². The van der Waals surface area contributed by atoms with Gasteiger partial charge in [-0.05, 0) is 36.2 Å². The van der Waals surface area contributed by atoms with E-state index in [4.69, 9.17) is 9.15 Å². The second kappa shape index (κ2) is 9.17. The predicted molar refractivity (Wildman–Crippen MR) is 125 cm³/mol. The molecule has 1 amide bonds. The van der Waals surface area contributed by atoms with E-state index < -0.39 is 0 Å². The monoisotopic (exact) mass is 445 g/mol. The van der Waals surface area contributed by atoms with Crippen molar-refractivity contribution in [2.75, 3.05) is 26.3 Å². The zero-order valence-corrected chi connectivity index (χ0v) is 18.9. The van der Waals surface area contributed by atoms with E-state index >= 15 is 0 Å². The molecule has 0 bridgehead atoms. The van der Waals surface area contributed by atoms with Crippen molar-refractivity contribution in [3.05, 3.63) is 71.1 Å². The first-order valence-electron chi connectivity index (χ1n) is 11.1. The van der Waals surface area contributed by atoms with E-state index in [2.05, 4.69) is 32.4 Å². The Kier molecular flexibility index (Phi) is 5.93. The van der Waals surface area contributed by atoms with Gasteiger partial charge < -0.3 is 14.5 Å². The number of fused-ring (bicyclic) bond motifs is 1. The summed E-state index contributed by atoms with van der Waals surface area (Å²) in [5, 5.41) is 8.35. The Labute approximate surface area is 192 Å². The number of hydrogen-bond donors (Lipinski definition) is 1. The van der Waals surface area contributed by atoms with Crippen LogP contribution in [0.3, 0.4) is 0 Å². The number of amides is 1. The first-order valence-corrected chi connectivity index (χ1v) is 11.1. The van der Waals surface area contributed by atoms with Gasteiger partial charge in [-0.25, -0.2) is 4.98 Å². The summed E-state index contributed by atoms with van der Waals surface area (Å²) < 4.78 is 12.7. The molecule has 4 heterocycles. The van der Waals surface area contributed by atoms with Crippen LogP contribution < -0.4 is 5.32 Å². The van der Waals surface area contributed by atoms with Crippen LogP contribution in [0, 0.1) is 6.92 Å². The molecule has 4 aromatic rings. The number of furan rings is 1. The molecule has 1 aliphatic heterocycles. The Hall–Kier alpha value is -3.49. The minimum atomic E-state index is -0.160. The van der Waals surface area contributed by atoms with Crippen LogP contribution in [0.15, 0.2) is 53.1 Å². The number of carbonyl (C=O) groups excluding carboxylic acids is 1. The first-order chi connectivity index (χ1) is 16.1. The number of pyridine rings is 1. The second-order valence-electron chi connectivity index (χ2n) is 8.28. The average Bonchev–Trinajstić information content (AvgIpc) is 3.47. The molecule has 0 unspecified atom stereocenters. The van der Waals surface area contributed by atoms with E-state index in [1.165, 1.54) is 5.56 Å². The lowest BCUT2D eigenvalue weighted by Crippen LogP contribution is -2.36. The topological polar surface area (TPSA) is 85.4 Å². The smallest absolute Gasteiger partial charge is 0.252 e. The first kappa shape index (κ1) is 21.4. The number of nitrogens with zero attached hydrogens (tertiary/aromatic N) is 4. The van der Waals surface area contributed by atoms with Crippen LogP contribution in [-0.2, 0) is 24.9 Å². The number of carbonyl (C=O) groups is 1. The van der Waals surface area contributed by atoms with Crippen molar-refractivity contribution in [2.45, 2.75) is 20.0 Å². The van der Waals surface area contributed by atoms with Crippen molar-refractivity contribution in [1.29, 1.82) is 0 Å². The molecule has 1 N–H and O–H groups in total. The van der Waals surface area contributed by atoms with Crippen molar-refractivity contribution in [1.82, 2.24) is 25.0 Å². The molecule has 0 saturated carbocycles. The predicted octanol–water partition coefficient (Wildman–Crippen LogP) is 3.30. The number of benzene rings is 1. The summed E-state index contributed by atoms with van der Waals surface area (Å²) in [5.41, 5.74) is 4.89. The quantitative estimate of drug-likeness (QED) is 0.490. The molecule has 3 aromatic heterocycles. The summed E-state index contributed by atoms with van der Waals surface area (Å²) in [6.07, 6.45) is 1.60. The van der Waals surface area contributed by atoms with Gasteiger partial charge >= 0.3 is 0 Å². The maximum Gasteiger partial charge on any atom is 0.252 e. The third kappa shape index (κ3) is 4.40. The summed E-state index contributed by atoms with van der Waals surface area (Å²) >= 11 is 0. The second-order valence-corrected chi connectivity index (χ2v) is 8.28. The van der Waals surface area contributed by atoms with E-state index in [9.17, 15) is 4.79 Å². The SMILES string of the molecule is Cc1nn(C)c2nc(-c3ccco3)cc(C(=O)NCc3ccccc3CN3CCOCC3)c12. The summed E-state index contributed by atoms with van der Waals surface area (Å²) in [6.45, 7) is 6.55. The molecular weight excluding hydrogens is 418 g/mol. The molecule has 8 heteroatoms. The van der Waals surface area contributed by atoms with Crippen molar-refractivity contribution >= 4 is 16.9 Å². The fourth-order valence-electron chi connectivity index (χ4n) is 4.33. The van der Waals surface area contributed by atoms with Gasteiger partial charge in [-0.3, -0.25) is 14.4 Å². The number of aryl methyl sites for hydroxylation is 2. The van der Waals surface area contributed by atoms with Crippen LogP contribution in [0.4, 0.5) is 0 Å². The molecule has 1 aromatic carbocycles. The standard InChI is InChI=1S/C25H27N5O3/c1-17-23-20(14-21(22-8-5-11-33-22)27-24(23)29(2)28-17)25(31)26-15-18-6-3-4-7-19(18)16-30-9-12-32-13-10-30/h3-8,11,14H,9-10,12-13,15-16H2,1-2H3,(H,26,31). The van der Waals surface area contributed by atoms with Crippen LogP contribution in [0.1, 0.15) is 27.2 Å². The van der Waals surface area contributed by atoms with E-state index in [0.29, 0.717) is 29.2 Å². The summed E-state index contributed by atoms with van der Waals surface area (Å²) in [4.78, 5) is 20.5. The van der Waals surface area contributed by atoms with Gasteiger partial charge in [0.25, 0.3) is 5.91 Å². The van der Waals surface area contributed by atoms with Crippen molar-refractivity contribution in [3.8, 4) is 11.5 Å². The van der Waals surface area contributed by atoms with Crippen LogP contribution in [-0.4, -0.2) is 51.9 Å². The summed E-state index contributed by atoms with van der Waals surface area (Å²) in [6, 6.07) is 13.7. The van der Waals surface area contributed by atoms with Gasteiger partial charge in [0.05, 0.1) is 36.1 Å². The number of morpholine rings is 1. The number of ether oxygens (including phenoxy) is 1. The van der Waals surface area contributed by atoms with Gasteiger partial charge in [-0.2, -0.15) is 5.10 Å². The lowest BCUT2D eigenvalue weighted by Gasteiger charge is -2.27. The van der Waals surface area contributed by atoms with Crippen molar-refractivity contribution < 1.29 is 13.9 Å². The fourth-order valence-corrected chi connectivity index (χ4v) is 4.33. The summed E-state index contributed by atoms with van der Waals surface area (Å²) in [5.74, 6) is 0.452. The molecule has 5 rings (SSSR count). The van der Waals surface area contributed by atoms with Crippen molar-refractivity contribution in [3.63, 3.8) is 0 Å². The third-order valence-electron chi connectivity index (χ3n) is 6.04. The van der Waals surface area contributed by atoms with E-state index in [1.807, 2.05) is 32.2 Å². The highest BCUT2D eigenvalue weighted by Gasteiger charge is 2.20. The van der Waals surface area contributed by atoms with Crippen LogP contribution in [0.5, 0.6) is 0 Å². The Morgan fingerprint density at radius 2 is 1.91 bits per heavy atom. The zero-order valence-electron chi connectivity index (χ0n) is 18.9. The van der Waals surface area contributed by atoms with Crippen LogP contribution >= 0.6 is 0 Å². The van der Waals surface area contributed by atoms with Gasteiger partial charge in [0.2, 0.25) is 0 Å².